The molecule has 1 heterocycles. The van der Waals surface area contributed by atoms with E-state index in [9.17, 15) is 4.79 Å². The van der Waals surface area contributed by atoms with E-state index in [1.165, 1.54) is 11.3 Å². The molecule has 0 saturated carbocycles. The minimum Gasteiger partial charge on any atom is -0.302 e. The quantitative estimate of drug-likeness (QED) is 0.349. The SMILES string of the molecule is [N-]=[N+]=NCCCCC(=O)Nc1nccs1. The second kappa shape index (κ2) is 6.80. The fraction of sp³-hybridized carbons (Fsp3) is 0.500. The number of carbonyl (C=O) groups is 1. The molecule has 1 aromatic rings. The van der Waals surface area contributed by atoms with Crippen LogP contribution in [0.3, 0.4) is 0 Å². The van der Waals surface area contributed by atoms with Gasteiger partial charge in [0.25, 0.3) is 0 Å². The molecule has 0 aliphatic rings. The number of nitrogens with one attached hydrogen (secondary N) is 1. The number of carbonyl (C=O) groups excluding carboxylic acids is 1. The lowest BCUT2D eigenvalue weighted by Crippen LogP contribution is -2.10. The van der Waals surface area contributed by atoms with Crippen molar-refractivity contribution in [2.75, 3.05) is 11.9 Å². The van der Waals surface area contributed by atoms with Gasteiger partial charge in [-0.2, -0.15) is 0 Å². The number of anilines is 1. The van der Waals surface area contributed by atoms with E-state index in [-0.39, 0.29) is 5.91 Å². The van der Waals surface area contributed by atoms with Crippen LogP contribution in [0.1, 0.15) is 19.3 Å². The fourth-order valence-corrected chi connectivity index (χ4v) is 1.52. The maximum atomic E-state index is 11.3. The van der Waals surface area contributed by atoms with Crippen molar-refractivity contribution in [3.05, 3.63) is 22.0 Å². The Labute approximate surface area is 91.0 Å². The number of amides is 1. The van der Waals surface area contributed by atoms with Crippen molar-refractivity contribution in [1.82, 2.24) is 4.98 Å². The van der Waals surface area contributed by atoms with E-state index in [1.54, 1.807) is 11.6 Å². The van der Waals surface area contributed by atoms with Crippen molar-refractivity contribution in [3.63, 3.8) is 0 Å². The molecule has 0 aliphatic carbocycles. The number of hydrogen-bond donors (Lipinski definition) is 1. The minimum atomic E-state index is -0.0501. The maximum Gasteiger partial charge on any atom is 0.226 e. The number of thiazole rings is 1. The highest BCUT2D eigenvalue weighted by Gasteiger charge is 2.02. The van der Waals surface area contributed by atoms with Crippen LogP contribution in [0, 0.1) is 0 Å². The van der Waals surface area contributed by atoms with Gasteiger partial charge in [0.2, 0.25) is 5.91 Å². The molecule has 0 spiro atoms. The van der Waals surface area contributed by atoms with Crippen LogP contribution in [0.25, 0.3) is 10.4 Å². The molecule has 0 saturated heterocycles. The van der Waals surface area contributed by atoms with Crippen LogP contribution in [0.4, 0.5) is 5.13 Å². The molecule has 0 radical (unpaired) electrons. The van der Waals surface area contributed by atoms with Crippen molar-refractivity contribution in [1.29, 1.82) is 0 Å². The van der Waals surface area contributed by atoms with Gasteiger partial charge in [0.15, 0.2) is 5.13 Å². The zero-order valence-corrected chi connectivity index (χ0v) is 8.90. The summed E-state index contributed by atoms with van der Waals surface area (Å²) in [5.74, 6) is -0.0501. The predicted octanol–water partition coefficient (Wildman–Crippen LogP) is 2.56. The van der Waals surface area contributed by atoms with Crippen LogP contribution < -0.4 is 5.32 Å². The third-order valence-electron chi connectivity index (χ3n) is 1.65. The largest absolute Gasteiger partial charge is 0.302 e. The summed E-state index contributed by atoms with van der Waals surface area (Å²) in [5.41, 5.74) is 8.02. The Balaban J connectivity index is 2.11. The Morgan fingerprint density at radius 3 is 3.20 bits per heavy atom. The van der Waals surface area contributed by atoms with E-state index in [2.05, 4.69) is 20.3 Å². The molecule has 0 aliphatic heterocycles. The Morgan fingerprint density at radius 1 is 1.67 bits per heavy atom. The summed E-state index contributed by atoms with van der Waals surface area (Å²) in [5, 5.41) is 8.48. The Kier molecular flexibility index (Phi) is 5.21. The highest BCUT2D eigenvalue weighted by molar-refractivity contribution is 7.13. The lowest BCUT2D eigenvalue weighted by molar-refractivity contribution is -0.116. The van der Waals surface area contributed by atoms with Gasteiger partial charge in [-0.05, 0) is 18.4 Å². The third-order valence-corrected chi connectivity index (χ3v) is 2.34. The first-order valence-electron chi connectivity index (χ1n) is 4.53. The van der Waals surface area contributed by atoms with Crippen LogP contribution >= 0.6 is 11.3 Å². The molecule has 1 rings (SSSR count). The summed E-state index contributed by atoms with van der Waals surface area (Å²) in [6.07, 6.45) is 3.52. The van der Waals surface area contributed by atoms with E-state index < -0.39 is 0 Å². The van der Waals surface area contributed by atoms with Crippen molar-refractivity contribution in [2.45, 2.75) is 19.3 Å². The summed E-state index contributed by atoms with van der Waals surface area (Å²) < 4.78 is 0. The van der Waals surface area contributed by atoms with Crippen LogP contribution in [-0.2, 0) is 4.79 Å². The van der Waals surface area contributed by atoms with Gasteiger partial charge in [0.1, 0.15) is 0 Å². The van der Waals surface area contributed by atoms with Gasteiger partial charge in [-0.15, -0.1) is 11.3 Å². The van der Waals surface area contributed by atoms with E-state index in [0.29, 0.717) is 18.1 Å². The standard InChI is InChI=1S/C8H11N5OS/c9-13-11-4-2-1-3-7(14)12-8-10-5-6-15-8/h5-6H,1-4H2,(H,10,12,14). The first-order chi connectivity index (χ1) is 7.33. The topological polar surface area (TPSA) is 90.8 Å². The normalized spacial score (nSPS) is 9.33. The van der Waals surface area contributed by atoms with Gasteiger partial charge in [-0.1, -0.05) is 5.11 Å². The second-order valence-corrected chi connectivity index (χ2v) is 3.69. The summed E-state index contributed by atoms with van der Waals surface area (Å²) >= 11 is 1.39. The van der Waals surface area contributed by atoms with Gasteiger partial charge < -0.3 is 5.32 Å². The highest BCUT2D eigenvalue weighted by Crippen LogP contribution is 2.10. The summed E-state index contributed by atoms with van der Waals surface area (Å²) in [4.78, 5) is 17.9. The van der Waals surface area contributed by atoms with Crippen molar-refractivity contribution < 1.29 is 4.79 Å². The van der Waals surface area contributed by atoms with Gasteiger partial charge >= 0.3 is 0 Å². The lowest BCUT2D eigenvalue weighted by Gasteiger charge is -1.99. The molecule has 6 nitrogen and oxygen atoms in total. The molecular formula is C8H11N5OS. The van der Waals surface area contributed by atoms with E-state index in [1.807, 2.05) is 0 Å². The van der Waals surface area contributed by atoms with E-state index in [4.69, 9.17) is 5.53 Å². The van der Waals surface area contributed by atoms with Gasteiger partial charge in [-0.3, -0.25) is 4.79 Å². The van der Waals surface area contributed by atoms with Crippen LogP contribution in [-0.4, -0.2) is 17.4 Å². The zero-order chi connectivity index (χ0) is 10.9. The summed E-state index contributed by atoms with van der Waals surface area (Å²) in [6.45, 7) is 0.445. The zero-order valence-electron chi connectivity index (χ0n) is 8.09. The first-order valence-corrected chi connectivity index (χ1v) is 5.41. The minimum absolute atomic E-state index is 0.0501. The average molecular weight is 225 g/mol. The van der Waals surface area contributed by atoms with Crippen molar-refractivity contribution in [2.24, 2.45) is 5.11 Å². The van der Waals surface area contributed by atoms with Gasteiger partial charge in [0.05, 0.1) is 0 Å². The molecule has 1 aromatic heterocycles. The molecule has 0 fully saturated rings. The Bertz CT molecular complexity index is 344. The fourth-order valence-electron chi connectivity index (χ4n) is 0.980. The smallest absolute Gasteiger partial charge is 0.226 e. The monoisotopic (exact) mass is 225 g/mol. The van der Waals surface area contributed by atoms with Gasteiger partial charge in [-0.25, -0.2) is 4.98 Å². The molecule has 15 heavy (non-hydrogen) atoms. The number of hydrogen-bond acceptors (Lipinski definition) is 4. The molecule has 1 amide bonds. The van der Waals surface area contributed by atoms with E-state index in [0.717, 1.165) is 12.8 Å². The van der Waals surface area contributed by atoms with Crippen LogP contribution in [0.15, 0.2) is 16.7 Å². The molecule has 0 bridgehead atoms. The molecule has 80 valence electrons. The molecule has 0 unspecified atom stereocenters. The maximum absolute atomic E-state index is 11.3. The highest BCUT2D eigenvalue weighted by atomic mass is 32.1. The number of unbranched alkanes of at least 4 members (excludes halogenated alkanes) is 1. The second-order valence-electron chi connectivity index (χ2n) is 2.80. The van der Waals surface area contributed by atoms with Crippen LogP contribution in [0.5, 0.6) is 0 Å². The number of aromatic nitrogens is 1. The number of rotatable bonds is 6. The summed E-state index contributed by atoms with van der Waals surface area (Å²) in [7, 11) is 0. The third kappa shape index (κ3) is 4.99. The Hall–Kier alpha value is -1.59. The Morgan fingerprint density at radius 2 is 2.53 bits per heavy atom. The molecule has 0 aromatic carbocycles. The molecule has 7 heteroatoms. The van der Waals surface area contributed by atoms with Crippen molar-refractivity contribution >= 4 is 22.4 Å². The van der Waals surface area contributed by atoms with Crippen molar-refractivity contribution in [3.8, 4) is 0 Å². The van der Waals surface area contributed by atoms with Gasteiger partial charge in [0, 0.05) is 29.5 Å². The number of nitrogens with zero attached hydrogens (tertiary/aromatic N) is 4. The number of azide groups is 1. The first kappa shape index (κ1) is 11.5. The predicted molar refractivity (Wildman–Crippen MR) is 58.6 cm³/mol. The van der Waals surface area contributed by atoms with E-state index >= 15 is 0 Å². The average Bonchev–Trinajstić information content (AvgIpc) is 2.70. The van der Waals surface area contributed by atoms with Crippen LogP contribution in [0.2, 0.25) is 0 Å². The molecule has 1 N–H and O–H groups in total. The lowest BCUT2D eigenvalue weighted by atomic mass is 10.2. The molecular weight excluding hydrogens is 214 g/mol. The summed E-state index contributed by atoms with van der Waals surface area (Å²) in [6, 6.07) is 0. The molecule has 0 atom stereocenters.